The zero-order chi connectivity index (χ0) is 15.6. The Morgan fingerprint density at radius 1 is 1.30 bits per heavy atom. The summed E-state index contributed by atoms with van der Waals surface area (Å²) in [6.07, 6.45) is -5.09. The predicted molar refractivity (Wildman–Crippen MR) is 72.2 cm³/mol. The van der Waals surface area contributed by atoms with E-state index in [0.717, 1.165) is 12.1 Å². The maximum absolute atomic E-state index is 12.6. The molecule has 0 bridgehead atoms. The van der Waals surface area contributed by atoms with Crippen LogP contribution in [0.5, 0.6) is 0 Å². The average Bonchev–Trinajstić information content (AvgIpc) is 2.24. The molecule has 1 N–H and O–H groups in total. The molecule has 1 aromatic carbocycles. The monoisotopic (exact) mass is 353 g/mol. The van der Waals surface area contributed by atoms with E-state index in [1.165, 1.54) is 6.07 Å². The summed E-state index contributed by atoms with van der Waals surface area (Å²) < 4.78 is 43.3. The highest BCUT2D eigenvalue weighted by atomic mass is 79.9. The molecule has 0 atom stereocenters. The van der Waals surface area contributed by atoms with Crippen LogP contribution >= 0.6 is 15.9 Å². The molecule has 3 nitrogen and oxygen atoms in total. The van der Waals surface area contributed by atoms with Crippen LogP contribution < -0.4 is 5.32 Å². The molecule has 0 aliphatic heterocycles. The molecule has 1 rings (SSSR count). The molecule has 0 fully saturated rings. The maximum Gasteiger partial charge on any atom is 0.416 e. The Balaban J connectivity index is 2.75. The quantitative estimate of drug-likeness (QED) is 0.850. The van der Waals surface area contributed by atoms with Gasteiger partial charge in [0.25, 0.3) is 0 Å². The summed E-state index contributed by atoms with van der Waals surface area (Å²) >= 11 is 3.15. The second kappa shape index (κ2) is 6.03. The van der Waals surface area contributed by atoms with Crippen molar-refractivity contribution >= 4 is 22.0 Å². The van der Waals surface area contributed by atoms with Gasteiger partial charge in [0.1, 0.15) is 5.60 Å². The molecule has 0 saturated heterocycles. The molecular formula is C13H15BrF3NO2. The Labute approximate surface area is 123 Å². The van der Waals surface area contributed by atoms with Crippen LogP contribution in [0.1, 0.15) is 31.9 Å². The van der Waals surface area contributed by atoms with Crippen LogP contribution in [0.2, 0.25) is 0 Å². The molecule has 1 aromatic rings. The van der Waals surface area contributed by atoms with Gasteiger partial charge >= 0.3 is 12.3 Å². The minimum absolute atomic E-state index is 0.0561. The summed E-state index contributed by atoms with van der Waals surface area (Å²) in [6.45, 7) is 5.05. The first-order valence-corrected chi connectivity index (χ1v) is 6.61. The minimum atomic E-state index is -4.42. The predicted octanol–water partition coefficient (Wildman–Crippen LogP) is 4.49. The number of halogens is 4. The van der Waals surface area contributed by atoms with Gasteiger partial charge in [-0.15, -0.1) is 0 Å². The Morgan fingerprint density at radius 2 is 1.90 bits per heavy atom. The molecule has 0 radical (unpaired) electrons. The second-order valence-electron chi connectivity index (χ2n) is 5.16. The van der Waals surface area contributed by atoms with E-state index in [9.17, 15) is 18.0 Å². The summed E-state index contributed by atoms with van der Waals surface area (Å²) in [7, 11) is 0. The highest BCUT2D eigenvalue weighted by molar-refractivity contribution is 9.10. The molecule has 0 heterocycles. The Bertz CT molecular complexity index is 495. The third-order valence-corrected chi connectivity index (χ3v) is 2.97. The first-order valence-electron chi connectivity index (χ1n) is 5.81. The molecule has 0 aliphatic rings. The van der Waals surface area contributed by atoms with Crippen molar-refractivity contribution in [3.05, 3.63) is 33.8 Å². The third-order valence-electron chi connectivity index (χ3n) is 2.20. The van der Waals surface area contributed by atoms with Gasteiger partial charge in [-0.2, -0.15) is 13.2 Å². The number of carbonyl (C=O) groups is 1. The van der Waals surface area contributed by atoms with E-state index in [1.807, 2.05) is 0 Å². The van der Waals surface area contributed by atoms with E-state index in [4.69, 9.17) is 4.74 Å². The van der Waals surface area contributed by atoms with Crippen molar-refractivity contribution in [1.82, 2.24) is 5.32 Å². The standard InChI is InChI=1S/C13H15BrF3NO2/c1-12(2,3)20-11(19)18-7-8-6-9(13(15,16)17)4-5-10(8)14/h4-6H,7H2,1-3H3,(H,18,19). The van der Waals surface area contributed by atoms with Crippen molar-refractivity contribution in [1.29, 1.82) is 0 Å². The van der Waals surface area contributed by atoms with Crippen molar-refractivity contribution < 1.29 is 22.7 Å². The molecular weight excluding hydrogens is 339 g/mol. The van der Waals surface area contributed by atoms with E-state index in [2.05, 4.69) is 21.2 Å². The van der Waals surface area contributed by atoms with Gasteiger partial charge in [-0.25, -0.2) is 4.79 Å². The lowest BCUT2D eigenvalue weighted by Crippen LogP contribution is -2.32. The van der Waals surface area contributed by atoms with Gasteiger partial charge in [0, 0.05) is 11.0 Å². The number of benzene rings is 1. The lowest BCUT2D eigenvalue weighted by molar-refractivity contribution is -0.137. The zero-order valence-electron chi connectivity index (χ0n) is 11.3. The molecule has 1 amide bonds. The van der Waals surface area contributed by atoms with Crippen molar-refractivity contribution in [2.75, 3.05) is 0 Å². The van der Waals surface area contributed by atoms with Crippen LogP contribution in [0.3, 0.4) is 0 Å². The maximum atomic E-state index is 12.6. The number of hydrogen-bond acceptors (Lipinski definition) is 2. The van der Waals surface area contributed by atoms with E-state index < -0.39 is 23.4 Å². The van der Waals surface area contributed by atoms with Crippen LogP contribution in [0, 0.1) is 0 Å². The van der Waals surface area contributed by atoms with Crippen molar-refractivity contribution in [2.24, 2.45) is 0 Å². The number of hydrogen-bond donors (Lipinski definition) is 1. The molecule has 0 spiro atoms. The Kier molecular flexibility index (Phi) is 5.07. The number of alkyl carbamates (subject to hydrolysis) is 1. The van der Waals surface area contributed by atoms with Crippen LogP contribution in [0.25, 0.3) is 0 Å². The van der Waals surface area contributed by atoms with Crippen molar-refractivity contribution in [3.63, 3.8) is 0 Å². The van der Waals surface area contributed by atoms with E-state index in [1.54, 1.807) is 20.8 Å². The number of rotatable bonds is 2. The zero-order valence-corrected chi connectivity index (χ0v) is 12.9. The van der Waals surface area contributed by atoms with Gasteiger partial charge in [-0.1, -0.05) is 15.9 Å². The number of amides is 1. The Hall–Kier alpha value is -1.24. The molecule has 0 unspecified atom stereocenters. The van der Waals surface area contributed by atoms with Crippen molar-refractivity contribution in [3.8, 4) is 0 Å². The fourth-order valence-electron chi connectivity index (χ4n) is 1.37. The third kappa shape index (κ3) is 5.40. The van der Waals surface area contributed by atoms with Gasteiger partial charge in [0.05, 0.1) is 5.56 Å². The highest BCUT2D eigenvalue weighted by Crippen LogP contribution is 2.31. The number of nitrogens with one attached hydrogen (secondary N) is 1. The molecule has 7 heteroatoms. The lowest BCUT2D eigenvalue weighted by Gasteiger charge is -2.20. The topological polar surface area (TPSA) is 38.3 Å². The van der Waals surface area contributed by atoms with Crippen LogP contribution in [0.4, 0.5) is 18.0 Å². The number of alkyl halides is 3. The fourth-order valence-corrected chi connectivity index (χ4v) is 1.75. The summed E-state index contributed by atoms with van der Waals surface area (Å²) in [5.74, 6) is 0. The summed E-state index contributed by atoms with van der Waals surface area (Å²) in [5.41, 5.74) is -1.10. The normalized spacial score (nSPS) is 12.2. The lowest BCUT2D eigenvalue weighted by atomic mass is 10.1. The minimum Gasteiger partial charge on any atom is -0.444 e. The highest BCUT2D eigenvalue weighted by Gasteiger charge is 2.30. The smallest absolute Gasteiger partial charge is 0.416 e. The van der Waals surface area contributed by atoms with Crippen molar-refractivity contribution in [2.45, 2.75) is 39.1 Å². The summed E-state index contributed by atoms with van der Waals surface area (Å²) in [5, 5.41) is 2.42. The number of ether oxygens (including phenoxy) is 1. The van der Waals surface area contributed by atoms with Crippen LogP contribution in [0.15, 0.2) is 22.7 Å². The van der Waals surface area contributed by atoms with Crippen LogP contribution in [-0.4, -0.2) is 11.7 Å². The largest absolute Gasteiger partial charge is 0.444 e. The van der Waals surface area contributed by atoms with E-state index in [0.29, 0.717) is 10.0 Å². The van der Waals surface area contributed by atoms with Gasteiger partial charge in [-0.05, 0) is 44.5 Å². The molecule has 0 saturated carbocycles. The summed E-state index contributed by atoms with van der Waals surface area (Å²) in [6, 6.07) is 3.26. The SMILES string of the molecule is CC(C)(C)OC(=O)NCc1cc(C(F)(F)F)ccc1Br. The van der Waals surface area contributed by atoms with Gasteiger partial charge in [-0.3, -0.25) is 0 Å². The van der Waals surface area contributed by atoms with E-state index in [-0.39, 0.29) is 6.54 Å². The van der Waals surface area contributed by atoms with Crippen LogP contribution in [-0.2, 0) is 17.5 Å². The second-order valence-corrected chi connectivity index (χ2v) is 6.01. The van der Waals surface area contributed by atoms with Gasteiger partial charge in [0.2, 0.25) is 0 Å². The molecule has 112 valence electrons. The molecule has 20 heavy (non-hydrogen) atoms. The number of carbonyl (C=O) groups excluding carboxylic acids is 1. The van der Waals surface area contributed by atoms with Gasteiger partial charge in [0.15, 0.2) is 0 Å². The fraction of sp³-hybridized carbons (Fsp3) is 0.462. The molecule has 0 aliphatic carbocycles. The van der Waals surface area contributed by atoms with Gasteiger partial charge < -0.3 is 10.1 Å². The summed E-state index contributed by atoms with van der Waals surface area (Å²) in [4.78, 5) is 11.5. The van der Waals surface area contributed by atoms with E-state index >= 15 is 0 Å². The average molecular weight is 354 g/mol. The first kappa shape index (κ1) is 16.8. The first-order chi connectivity index (χ1) is 8.99. The molecule has 0 aromatic heterocycles. The Morgan fingerprint density at radius 3 is 2.40 bits per heavy atom.